The first kappa shape index (κ1) is 15.8. The van der Waals surface area contributed by atoms with Crippen molar-refractivity contribution in [3.8, 4) is 5.75 Å². The molecule has 6 heteroatoms. The van der Waals surface area contributed by atoms with Crippen LogP contribution in [0.15, 0.2) is 24.3 Å². The molecule has 110 valence electrons. The normalized spacial score (nSPS) is 11.3. The number of esters is 1. The van der Waals surface area contributed by atoms with E-state index in [9.17, 15) is 9.59 Å². The van der Waals surface area contributed by atoms with E-state index in [4.69, 9.17) is 9.47 Å². The predicted octanol–water partition coefficient (Wildman–Crippen LogP) is 2.16. The average Bonchev–Trinajstić information content (AvgIpc) is 2.38. The van der Waals surface area contributed by atoms with Crippen molar-refractivity contribution < 1.29 is 19.1 Å². The van der Waals surface area contributed by atoms with Gasteiger partial charge in [0.1, 0.15) is 5.75 Å². The molecule has 2 amide bonds. The second-order valence-corrected chi connectivity index (χ2v) is 4.24. The van der Waals surface area contributed by atoms with Gasteiger partial charge in [-0.1, -0.05) is 6.07 Å². The van der Waals surface area contributed by atoms with Crippen LogP contribution >= 0.6 is 0 Å². The van der Waals surface area contributed by atoms with Crippen LogP contribution in [0.4, 0.5) is 10.5 Å². The highest BCUT2D eigenvalue weighted by atomic mass is 16.5. The fourth-order valence-electron chi connectivity index (χ4n) is 1.61. The second kappa shape index (κ2) is 8.04. The van der Waals surface area contributed by atoms with Crippen molar-refractivity contribution in [3.63, 3.8) is 0 Å². The summed E-state index contributed by atoms with van der Waals surface area (Å²) in [5.74, 6) is 0.323. The van der Waals surface area contributed by atoms with E-state index >= 15 is 0 Å². The molecule has 6 nitrogen and oxygen atoms in total. The van der Waals surface area contributed by atoms with Crippen LogP contribution in [0.25, 0.3) is 0 Å². The van der Waals surface area contributed by atoms with Crippen LogP contribution < -0.4 is 15.4 Å². The molecule has 0 aliphatic carbocycles. The van der Waals surface area contributed by atoms with Crippen molar-refractivity contribution in [3.05, 3.63) is 24.3 Å². The summed E-state index contributed by atoms with van der Waals surface area (Å²) in [6.07, 6.45) is 0.138. The Morgan fingerprint density at radius 3 is 2.75 bits per heavy atom. The minimum Gasteiger partial charge on any atom is -0.497 e. The molecule has 0 heterocycles. The summed E-state index contributed by atoms with van der Waals surface area (Å²) >= 11 is 0. The molecule has 0 aliphatic rings. The summed E-state index contributed by atoms with van der Waals surface area (Å²) in [4.78, 5) is 23.0. The van der Waals surface area contributed by atoms with Crippen LogP contribution in [0.5, 0.6) is 5.75 Å². The number of anilines is 1. The summed E-state index contributed by atoms with van der Waals surface area (Å²) in [7, 11) is 1.56. The molecule has 0 saturated heterocycles. The number of methoxy groups -OCH3 is 1. The zero-order valence-electron chi connectivity index (χ0n) is 11.9. The molecule has 20 heavy (non-hydrogen) atoms. The SMILES string of the molecule is CCOC(=O)CC(C)NC(=O)Nc1cccc(OC)c1. The maximum atomic E-state index is 11.7. The number of amides is 2. The minimum absolute atomic E-state index is 0.138. The lowest BCUT2D eigenvalue weighted by Gasteiger charge is -2.14. The first-order valence-corrected chi connectivity index (χ1v) is 6.42. The van der Waals surface area contributed by atoms with Crippen molar-refractivity contribution in [2.45, 2.75) is 26.3 Å². The lowest BCUT2D eigenvalue weighted by molar-refractivity contribution is -0.143. The highest BCUT2D eigenvalue weighted by Gasteiger charge is 2.12. The van der Waals surface area contributed by atoms with E-state index in [1.165, 1.54) is 0 Å². The van der Waals surface area contributed by atoms with Crippen LogP contribution in [-0.4, -0.2) is 31.8 Å². The van der Waals surface area contributed by atoms with Crippen molar-refractivity contribution in [1.82, 2.24) is 5.32 Å². The van der Waals surface area contributed by atoms with Crippen molar-refractivity contribution >= 4 is 17.7 Å². The summed E-state index contributed by atoms with van der Waals surface area (Å²) in [5, 5.41) is 5.33. The monoisotopic (exact) mass is 280 g/mol. The van der Waals surface area contributed by atoms with Gasteiger partial charge in [-0.3, -0.25) is 4.79 Å². The standard InChI is InChI=1S/C14H20N2O4/c1-4-20-13(17)8-10(2)15-14(18)16-11-6-5-7-12(9-11)19-3/h5-7,9-10H,4,8H2,1-3H3,(H2,15,16,18). The number of carbonyl (C=O) groups excluding carboxylic acids is 2. The molecular weight excluding hydrogens is 260 g/mol. The Balaban J connectivity index is 2.44. The van der Waals surface area contributed by atoms with Gasteiger partial charge in [0.25, 0.3) is 0 Å². The Hall–Kier alpha value is -2.24. The number of hydrogen-bond donors (Lipinski definition) is 2. The number of benzene rings is 1. The zero-order valence-corrected chi connectivity index (χ0v) is 11.9. The van der Waals surface area contributed by atoms with Gasteiger partial charge in [-0.25, -0.2) is 4.79 Å². The van der Waals surface area contributed by atoms with E-state index in [1.807, 2.05) is 0 Å². The van der Waals surface area contributed by atoms with Crippen LogP contribution in [0.3, 0.4) is 0 Å². The molecule has 2 N–H and O–H groups in total. The van der Waals surface area contributed by atoms with E-state index < -0.39 is 0 Å². The Morgan fingerprint density at radius 1 is 1.35 bits per heavy atom. The number of rotatable bonds is 6. The Bertz CT molecular complexity index is 462. The van der Waals surface area contributed by atoms with Gasteiger partial charge in [0.05, 0.1) is 20.1 Å². The number of ether oxygens (including phenoxy) is 2. The molecule has 0 aliphatic heterocycles. The predicted molar refractivity (Wildman–Crippen MR) is 75.9 cm³/mol. The highest BCUT2D eigenvalue weighted by molar-refractivity contribution is 5.89. The van der Waals surface area contributed by atoms with E-state index in [0.717, 1.165) is 0 Å². The molecule has 0 saturated carbocycles. The molecule has 0 spiro atoms. The molecule has 0 radical (unpaired) electrons. The molecule has 1 atom stereocenters. The quantitative estimate of drug-likeness (QED) is 0.783. The van der Waals surface area contributed by atoms with Gasteiger partial charge in [-0.05, 0) is 26.0 Å². The van der Waals surface area contributed by atoms with Gasteiger partial charge in [-0.15, -0.1) is 0 Å². The van der Waals surface area contributed by atoms with Gasteiger partial charge in [0.15, 0.2) is 0 Å². The lowest BCUT2D eigenvalue weighted by Crippen LogP contribution is -2.37. The van der Waals surface area contributed by atoms with Crippen LogP contribution in [0.2, 0.25) is 0 Å². The number of nitrogens with one attached hydrogen (secondary N) is 2. The minimum atomic E-state index is -0.380. The summed E-state index contributed by atoms with van der Waals surface area (Å²) < 4.78 is 9.88. The molecule has 0 bridgehead atoms. The Kier molecular flexibility index (Phi) is 6.36. The van der Waals surface area contributed by atoms with E-state index in [1.54, 1.807) is 45.2 Å². The molecule has 0 fully saturated rings. The largest absolute Gasteiger partial charge is 0.497 e. The number of urea groups is 1. The van der Waals surface area contributed by atoms with Gasteiger partial charge >= 0.3 is 12.0 Å². The molecule has 1 unspecified atom stereocenters. The topological polar surface area (TPSA) is 76.7 Å². The van der Waals surface area contributed by atoms with Gasteiger partial charge < -0.3 is 20.1 Å². The average molecular weight is 280 g/mol. The lowest BCUT2D eigenvalue weighted by atomic mass is 10.2. The first-order chi connectivity index (χ1) is 9.55. The number of carbonyl (C=O) groups is 2. The fraction of sp³-hybridized carbons (Fsp3) is 0.429. The van der Waals surface area contributed by atoms with Crippen LogP contribution in [-0.2, 0) is 9.53 Å². The summed E-state index contributed by atoms with van der Waals surface area (Å²) in [5.41, 5.74) is 0.616. The number of hydrogen-bond acceptors (Lipinski definition) is 4. The zero-order chi connectivity index (χ0) is 15.0. The van der Waals surface area contributed by atoms with Crippen molar-refractivity contribution in [1.29, 1.82) is 0 Å². The maximum Gasteiger partial charge on any atom is 0.319 e. The molecule has 1 aromatic rings. The van der Waals surface area contributed by atoms with Crippen LogP contribution in [0, 0.1) is 0 Å². The van der Waals surface area contributed by atoms with Crippen LogP contribution in [0.1, 0.15) is 20.3 Å². The molecule has 1 rings (SSSR count). The third kappa shape index (κ3) is 5.60. The van der Waals surface area contributed by atoms with Gasteiger partial charge in [0, 0.05) is 17.8 Å². The van der Waals surface area contributed by atoms with Gasteiger partial charge in [-0.2, -0.15) is 0 Å². The van der Waals surface area contributed by atoms with E-state index in [2.05, 4.69) is 10.6 Å². The first-order valence-electron chi connectivity index (χ1n) is 6.42. The third-order valence-electron chi connectivity index (χ3n) is 2.48. The Labute approximate surface area is 118 Å². The summed E-state index contributed by atoms with van der Waals surface area (Å²) in [6, 6.07) is 6.33. The third-order valence-corrected chi connectivity index (χ3v) is 2.48. The maximum absolute atomic E-state index is 11.7. The van der Waals surface area contributed by atoms with E-state index in [0.29, 0.717) is 18.0 Å². The van der Waals surface area contributed by atoms with Crippen molar-refractivity contribution in [2.24, 2.45) is 0 Å². The van der Waals surface area contributed by atoms with Crippen molar-refractivity contribution in [2.75, 3.05) is 19.0 Å². The highest BCUT2D eigenvalue weighted by Crippen LogP contribution is 2.16. The Morgan fingerprint density at radius 2 is 2.10 bits per heavy atom. The second-order valence-electron chi connectivity index (χ2n) is 4.24. The van der Waals surface area contributed by atoms with E-state index in [-0.39, 0.29) is 24.5 Å². The molecule has 0 aromatic heterocycles. The molecule has 1 aromatic carbocycles. The smallest absolute Gasteiger partial charge is 0.319 e. The molecular formula is C14H20N2O4. The fourth-order valence-corrected chi connectivity index (χ4v) is 1.61. The summed E-state index contributed by atoms with van der Waals surface area (Å²) in [6.45, 7) is 3.81. The van der Waals surface area contributed by atoms with Gasteiger partial charge in [0.2, 0.25) is 0 Å².